The standard InChI is InChI=1S/C18H30N4O2S/c1-4-16-21-15(13-25-16)9-10-20-18(19-5-2)22-11-7-8-14(12-22)17(23)24-6-3/h13-14H,4-12H2,1-3H3,(H,19,20). The third-order valence-electron chi connectivity index (χ3n) is 4.21. The van der Waals surface area contributed by atoms with Gasteiger partial charge in [0.2, 0.25) is 0 Å². The number of aryl methyl sites for hydroxylation is 1. The van der Waals surface area contributed by atoms with E-state index in [1.54, 1.807) is 11.3 Å². The quantitative estimate of drug-likeness (QED) is 0.456. The van der Waals surface area contributed by atoms with Crippen LogP contribution in [-0.4, -0.2) is 54.6 Å². The second-order valence-electron chi connectivity index (χ2n) is 6.11. The van der Waals surface area contributed by atoms with E-state index in [4.69, 9.17) is 9.73 Å². The van der Waals surface area contributed by atoms with Crippen LogP contribution in [0.3, 0.4) is 0 Å². The lowest BCUT2D eigenvalue weighted by molar-refractivity contribution is -0.149. The van der Waals surface area contributed by atoms with Gasteiger partial charge in [-0.25, -0.2) is 4.98 Å². The van der Waals surface area contributed by atoms with Gasteiger partial charge in [-0.15, -0.1) is 11.3 Å². The first kappa shape index (κ1) is 19.7. The molecule has 1 aliphatic rings. The van der Waals surface area contributed by atoms with Crippen LogP contribution in [-0.2, 0) is 22.4 Å². The molecule has 1 aromatic rings. The number of aromatic nitrogens is 1. The maximum Gasteiger partial charge on any atom is 0.310 e. The lowest BCUT2D eigenvalue weighted by atomic mass is 9.98. The molecule has 0 aromatic carbocycles. The van der Waals surface area contributed by atoms with Crippen LogP contribution in [0.15, 0.2) is 10.4 Å². The number of likely N-dealkylation sites (tertiary alicyclic amines) is 1. The lowest BCUT2D eigenvalue weighted by Gasteiger charge is -2.34. The van der Waals surface area contributed by atoms with Crippen molar-refractivity contribution in [3.63, 3.8) is 0 Å². The van der Waals surface area contributed by atoms with Crippen molar-refractivity contribution in [2.45, 2.75) is 46.5 Å². The number of nitrogens with zero attached hydrogens (tertiary/aromatic N) is 3. The number of esters is 1. The van der Waals surface area contributed by atoms with Crippen LogP contribution >= 0.6 is 11.3 Å². The van der Waals surface area contributed by atoms with Crippen LogP contribution in [0.25, 0.3) is 0 Å². The summed E-state index contributed by atoms with van der Waals surface area (Å²) in [7, 11) is 0. The minimum absolute atomic E-state index is 0.0526. The van der Waals surface area contributed by atoms with Gasteiger partial charge in [0.15, 0.2) is 5.96 Å². The molecule has 1 aliphatic heterocycles. The molecular formula is C18H30N4O2S. The third kappa shape index (κ3) is 5.99. The summed E-state index contributed by atoms with van der Waals surface area (Å²) >= 11 is 1.72. The number of piperidine rings is 1. The summed E-state index contributed by atoms with van der Waals surface area (Å²) in [5, 5.41) is 6.66. The molecule has 0 amide bonds. The van der Waals surface area contributed by atoms with Crippen LogP contribution < -0.4 is 5.32 Å². The summed E-state index contributed by atoms with van der Waals surface area (Å²) in [6.45, 7) is 9.62. The first-order valence-corrected chi connectivity index (χ1v) is 10.2. The number of rotatable bonds is 7. The van der Waals surface area contributed by atoms with Crippen molar-refractivity contribution in [1.82, 2.24) is 15.2 Å². The predicted octanol–water partition coefficient (Wildman–Crippen LogP) is 2.49. The van der Waals surface area contributed by atoms with Crippen molar-refractivity contribution >= 4 is 23.3 Å². The van der Waals surface area contributed by atoms with Crippen LogP contribution in [0.2, 0.25) is 0 Å². The third-order valence-corrected chi connectivity index (χ3v) is 5.25. The van der Waals surface area contributed by atoms with E-state index in [0.29, 0.717) is 19.7 Å². The fourth-order valence-electron chi connectivity index (χ4n) is 2.95. The van der Waals surface area contributed by atoms with E-state index < -0.39 is 0 Å². The topological polar surface area (TPSA) is 66.8 Å². The molecule has 1 aromatic heterocycles. The van der Waals surface area contributed by atoms with Crippen molar-refractivity contribution < 1.29 is 9.53 Å². The molecule has 1 fully saturated rings. The van der Waals surface area contributed by atoms with Crippen LogP contribution in [0.4, 0.5) is 0 Å². The molecule has 2 rings (SSSR count). The number of ether oxygens (including phenoxy) is 1. The molecule has 1 N–H and O–H groups in total. The molecule has 0 radical (unpaired) electrons. The number of aliphatic imine (C=N–C) groups is 1. The Kier molecular flexibility index (Phi) is 8.18. The Labute approximate surface area is 154 Å². The highest BCUT2D eigenvalue weighted by atomic mass is 32.1. The monoisotopic (exact) mass is 366 g/mol. The highest BCUT2D eigenvalue weighted by Gasteiger charge is 2.28. The number of hydrogen-bond donors (Lipinski definition) is 1. The van der Waals surface area contributed by atoms with Crippen LogP contribution in [0, 0.1) is 5.92 Å². The van der Waals surface area contributed by atoms with Gasteiger partial charge >= 0.3 is 5.97 Å². The highest BCUT2D eigenvalue weighted by molar-refractivity contribution is 7.09. The van der Waals surface area contributed by atoms with Crippen molar-refractivity contribution in [3.8, 4) is 0 Å². The summed E-state index contributed by atoms with van der Waals surface area (Å²) < 4.78 is 5.19. The fourth-order valence-corrected chi connectivity index (χ4v) is 3.73. The summed E-state index contributed by atoms with van der Waals surface area (Å²) in [5.74, 6) is 0.753. The maximum atomic E-state index is 12.0. The van der Waals surface area contributed by atoms with Gasteiger partial charge in [-0.05, 0) is 33.1 Å². The molecule has 140 valence electrons. The zero-order valence-corrected chi connectivity index (χ0v) is 16.4. The Morgan fingerprint density at radius 2 is 2.32 bits per heavy atom. The number of thiazole rings is 1. The molecule has 0 saturated carbocycles. The van der Waals surface area contributed by atoms with Crippen molar-refractivity contribution in [1.29, 1.82) is 0 Å². The maximum absolute atomic E-state index is 12.0. The number of nitrogens with one attached hydrogen (secondary N) is 1. The van der Waals surface area contributed by atoms with Gasteiger partial charge in [0.25, 0.3) is 0 Å². The first-order valence-electron chi connectivity index (χ1n) is 9.31. The van der Waals surface area contributed by atoms with E-state index in [-0.39, 0.29) is 11.9 Å². The molecule has 25 heavy (non-hydrogen) atoms. The first-order chi connectivity index (χ1) is 12.2. The smallest absolute Gasteiger partial charge is 0.310 e. The molecule has 0 spiro atoms. The van der Waals surface area contributed by atoms with Gasteiger partial charge in [-0.1, -0.05) is 6.92 Å². The Morgan fingerprint density at radius 1 is 1.48 bits per heavy atom. The Hall–Kier alpha value is -1.63. The Morgan fingerprint density at radius 3 is 3.00 bits per heavy atom. The minimum Gasteiger partial charge on any atom is -0.466 e. The van der Waals surface area contributed by atoms with Gasteiger partial charge in [0, 0.05) is 38.0 Å². The van der Waals surface area contributed by atoms with E-state index >= 15 is 0 Å². The molecule has 0 aliphatic carbocycles. The van der Waals surface area contributed by atoms with E-state index in [1.807, 2.05) is 6.92 Å². The summed E-state index contributed by atoms with van der Waals surface area (Å²) in [4.78, 5) is 23.6. The molecule has 2 heterocycles. The number of hydrogen-bond acceptors (Lipinski definition) is 5. The molecule has 6 nitrogen and oxygen atoms in total. The van der Waals surface area contributed by atoms with E-state index in [1.165, 1.54) is 5.01 Å². The van der Waals surface area contributed by atoms with E-state index in [9.17, 15) is 4.79 Å². The summed E-state index contributed by atoms with van der Waals surface area (Å²) in [6, 6.07) is 0. The molecular weight excluding hydrogens is 336 g/mol. The number of carbonyl (C=O) groups is 1. The predicted molar refractivity (Wildman–Crippen MR) is 102 cm³/mol. The van der Waals surface area contributed by atoms with Crippen molar-refractivity contribution in [2.24, 2.45) is 10.9 Å². The van der Waals surface area contributed by atoms with Crippen LogP contribution in [0.5, 0.6) is 0 Å². The second kappa shape index (κ2) is 10.4. The largest absolute Gasteiger partial charge is 0.466 e. The van der Waals surface area contributed by atoms with Gasteiger partial charge in [0.05, 0.1) is 23.2 Å². The Bertz CT molecular complexity index is 573. The van der Waals surface area contributed by atoms with Gasteiger partial charge in [-0.2, -0.15) is 0 Å². The lowest BCUT2D eigenvalue weighted by Crippen LogP contribution is -2.48. The molecule has 1 atom stereocenters. The summed E-state index contributed by atoms with van der Waals surface area (Å²) in [5.41, 5.74) is 1.12. The molecule has 0 bridgehead atoms. The summed E-state index contributed by atoms with van der Waals surface area (Å²) in [6.07, 6.45) is 3.72. The highest BCUT2D eigenvalue weighted by Crippen LogP contribution is 2.18. The van der Waals surface area contributed by atoms with Gasteiger partial charge in [0.1, 0.15) is 0 Å². The zero-order valence-electron chi connectivity index (χ0n) is 15.6. The average molecular weight is 367 g/mol. The number of carbonyl (C=O) groups excluding carboxylic acids is 1. The average Bonchev–Trinajstić information content (AvgIpc) is 3.09. The van der Waals surface area contributed by atoms with Crippen LogP contribution in [0.1, 0.15) is 44.3 Å². The second-order valence-corrected chi connectivity index (χ2v) is 7.05. The van der Waals surface area contributed by atoms with Gasteiger partial charge in [-0.3, -0.25) is 9.79 Å². The van der Waals surface area contributed by atoms with Crippen molar-refractivity contribution in [2.75, 3.05) is 32.8 Å². The molecule has 7 heteroatoms. The van der Waals surface area contributed by atoms with E-state index in [2.05, 4.69) is 34.4 Å². The van der Waals surface area contributed by atoms with Crippen molar-refractivity contribution in [3.05, 3.63) is 16.1 Å². The molecule has 1 unspecified atom stereocenters. The van der Waals surface area contributed by atoms with E-state index in [0.717, 1.165) is 50.4 Å². The zero-order chi connectivity index (χ0) is 18.1. The Balaban J connectivity index is 1.94. The minimum atomic E-state index is -0.0855. The SMILES string of the molecule is CCNC(=NCCc1csc(CC)n1)N1CCCC(C(=O)OCC)C1. The fraction of sp³-hybridized carbons (Fsp3) is 0.722. The molecule has 1 saturated heterocycles. The normalized spacial score (nSPS) is 18.3. The number of guanidine groups is 1. The van der Waals surface area contributed by atoms with Gasteiger partial charge < -0.3 is 15.0 Å².